The topological polar surface area (TPSA) is 105 Å². The maximum absolute atomic E-state index is 13.7. The van der Waals surface area contributed by atoms with Crippen molar-refractivity contribution >= 4 is 17.8 Å². The van der Waals surface area contributed by atoms with Gasteiger partial charge in [-0.25, -0.2) is 0 Å². The third-order valence-electron chi connectivity index (χ3n) is 7.72. The van der Waals surface area contributed by atoms with E-state index in [1.165, 1.54) is 0 Å². The van der Waals surface area contributed by atoms with Crippen LogP contribution in [-0.4, -0.2) is 64.8 Å². The second-order valence-corrected chi connectivity index (χ2v) is 9.62. The number of unbranched alkanes of at least 4 members (excludes halogenated alkanes) is 1. The van der Waals surface area contributed by atoms with Crippen LogP contribution in [0.5, 0.6) is 0 Å². The molecule has 2 bridgehead atoms. The van der Waals surface area contributed by atoms with Crippen molar-refractivity contribution in [1.82, 2.24) is 10.2 Å². The molecular formula is C25H34N2O6. The number of aliphatic hydroxyl groups excluding tert-OH is 1. The molecule has 8 heteroatoms. The van der Waals surface area contributed by atoms with E-state index in [2.05, 4.69) is 5.32 Å². The fourth-order valence-electron chi connectivity index (χ4n) is 6.15. The van der Waals surface area contributed by atoms with Gasteiger partial charge >= 0.3 is 5.97 Å². The first-order valence-electron chi connectivity index (χ1n) is 11.9. The lowest BCUT2D eigenvalue weighted by atomic mass is 9.62. The van der Waals surface area contributed by atoms with Crippen LogP contribution in [0.3, 0.4) is 0 Å². The molecule has 180 valence electrons. The highest BCUT2D eigenvalue weighted by Gasteiger charge is 2.80. The molecule has 3 aliphatic rings. The highest BCUT2D eigenvalue weighted by Crippen LogP contribution is 2.65. The summed E-state index contributed by atoms with van der Waals surface area (Å²) in [7, 11) is 0. The third-order valence-corrected chi connectivity index (χ3v) is 7.72. The van der Waals surface area contributed by atoms with Gasteiger partial charge in [0.05, 0.1) is 18.1 Å². The number of aliphatic hydroxyl groups is 1. The fraction of sp³-hybridized carbons (Fsp3) is 0.640. The lowest BCUT2D eigenvalue weighted by molar-refractivity contribution is -0.161. The zero-order valence-electron chi connectivity index (χ0n) is 19.6. The zero-order chi connectivity index (χ0) is 23.8. The van der Waals surface area contributed by atoms with Gasteiger partial charge in [0.15, 0.2) is 0 Å². The van der Waals surface area contributed by atoms with Crippen molar-refractivity contribution in [3.05, 3.63) is 35.9 Å². The van der Waals surface area contributed by atoms with E-state index >= 15 is 0 Å². The van der Waals surface area contributed by atoms with E-state index in [0.717, 1.165) is 5.56 Å². The molecule has 8 nitrogen and oxygen atoms in total. The van der Waals surface area contributed by atoms with Gasteiger partial charge in [0.1, 0.15) is 17.6 Å². The summed E-state index contributed by atoms with van der Waals surface area (Å²) in [5, 5.41) is 12.2. The monoisotopic (exact) mass is 458 g/mol. The zero-order valence-corrected chi connectivity index (χ0v) is 19.6. The maximum atomic E-state index is 13.7. The minimum atomic E-state index is -1.07. The Morgan fingerprint density at radius 2 is 2.00 bits per heavy atom. The molecule has 0 aromatic heterocycles. The summed E-state index contributed by atoms with van der Waals surface area (Å²) in [6, 6.07) is 8.75. The molecule has 4 rings (SSSR count). The van der Waals surface area contributed by atoms with Crippen LogP contribution in [0, 0.1) is 17.8 Å². The van der Waals surface area contributed by atoms with Gasteiger partial charge in [0.2, 0.25) is 11.8 Å². The van der Waals surface area contributed by atoms with Crippen LogP contribution >= 0.6 is 0 Å². The minimum absolute atomic E-state index is 0.0124. The van der Waals surface area contributed by atoms with Gasteiger partial charge < -0.3 is 24.8 Å². The number of hydrogen-bond donors (Lipinski definition) is 2. The number of carbonyl (C=O) groups is 3. The molecule has 6 atom stereocenters. The molecule has 0 aliphatic carbocycles. The van der Waals surface area contributed by atoms with E-state index in [1.807, 2.05) is 44.2 Å². The molecule has 2 amide bonds. The van der Waals surface area contributed by atoms with E-state index in [9.17, 15) is 19.5 Å². The normalized spacial score (nSPS) is 34.4. The van der Waals surface area contributed by atoms with Crippen molar-refractivity contribution in [3.8, 4) is 0 Å². The van der Waals surface area contributed by atoms with Gasteiger partial charge in [-0.15, -0.1) is 0 Å². The van der Waals surface area contributed by atoms with Crippen molar-refractivity contribution in [2.45, 2.75) is 63.8 Å². The Hall–Kier alpha value is -2.45. The first-order chi connectivity index (χ1) is 15.8. The number of amides is 2. The Balaban J connectivity index is 1.67. The molecule has 3 fully saturated rings. The number of nitrogens with zero attached hydrogens (tertiary/aromatic N) is 1. The molecule has 1 aromatic rings. The number of hydrogen-bond acceptors (Lipinski definition) is 6. The summed E-state index contributed by atoms with van der Waals surface area (Å²) < 4.78 is 11.9. The number of likely N-dealkylation sites (tertiary alicyclic amines) is 1. The number of esters is 1. The van der Waals surface area contributed by atoms with E-state index < -0.39 is 35.0 Å². The van der Waals surface area contributed by atoms with Gasteiger partial charge in [-0.3, -0.25) is 14.4 Å². The predicted octanol–water partition coefficient (Wildman–Crippen LogP) is 1.65. The SMILES string of the molecule is CCOC(=O)[C@@H]1[C@H]2C(=O)N(CCCCO)C(C(=O)NCc3ccccc3)C23CC(C)[C@@]1(C)O3. The molecule has 1 aromatic carbocycles. The lowest BCUT2D eigenvalue weighted by Crippen LogP contribution is -2.55. The molecule has 3 saturated heterocycles. The van der Waals surface area contributed by atoms with Gasteiger partial charge in [-0.1, -0.05) is 37.3 Å². The Kier molecular flexibility index (Phi) is 6.51. The summed E-state index contributed by atoms with van der Waals surface area (Å²) in [6.45, 7) is 6.51. The van der Waals surface area contributed by atoms with Crippen molar-refractivity contribution in [1.29, 1.82) is 0 Å². The lowest BCUT2D eigenvalue weighted by Gasteiger charge is -2.35. The van der Waals surface area contributed by atoms with E-state index in [1.54, 1.807) is 11.8 Å². The number of benzene rings is 1. The standard InChI is InChI=1S/C25H34N2O6/c1-4-32-23(31)19-18-22(30)27(12-8-9-13-28)20(25(18)14-16(2)24(19,3)33-25)21(29)26-15-17-10-6-5-7-11-17/h5-7,10-11,16,18-20,28H,4,8-9,12-15H2,1-3H3,(H,26,29)/t16?,18-,19-,20?,24+,25?/m0/s1. The summed E-state index contributed by atoms with van der Waals surface area (Å²) in [6.07, 6.45) is 1.61. The largest absolute Gasteiger partial charge is 0.466 e. The second-order valence-electron chi connectivity index (χ2n) is 9.62. The smallest absolute Gasteiger partial charge is 0.312 e. The Labute approximate surface area is 194 Å². The van der Waals surface area contributed by atoms with E-state index in [4.69, 9.17) is 9.47 Å². The van der Waals surface area contributed by atoms with Crippen molar-refractivity contribution in [2.24, 2.45) is 17.8 Å². The highest BCUT2D eigenvalue weighted by atomic mass is 16.6. The molecule has 0 radical (unpaired) electrons. The third kappa shape index (κ3) is 3.73. The molecule has 3 heterocycles. The quantitative estimate of drug-likeness (QED) is 0.431. The van der Waals surface area contributed by atoms with Gasteiger partial charge in [-0.05, 0) is 44.6 Å². The van der Waals surface area contributed by atoms with Crippen LogP contribution in [0.4, 0.5) is 0 Å². The predicted molar refractivity (Wildman–Crippen MR) is 120 cm³/mol. The number of nitrogens with one attached hydrogen (secondary N) is 1. The highest BCUT2D eigenvalue weighted by molar-refractivity contribution is 5.98. The van der Waals surface area contributed by atoms with Crippen LogP contribution in [0.1, 0.15) is 45.6 Å². The van der Waals surface area contributed by atoms with Crippen LogP contribution in [0.2, 0.25) is 0 Å². The van der Waals surface area contributed by atoms with Crippen molar-refractivity contribution in [2.75, 3.05) is 19.8 Å². The summed E-state index contributed by atoms with van der Waals surface area (Å²) >= 11 is 0. The van der Waals surface area contributed by atoms with Crippen molar-refractivity contribution < 1.29 is 29.0 Å². The maximum Gasteiger partial charge on any atom is 0.312 e. The van der Waals surface area contributed by atoms with Crippen LogP contribution in [-0.2, 0) is 30.4 Å². The molecular weight excluding hydrogens is 424 g/mol. The molecule has 1 spiro atoms. The van der Waals surface area contributed by atoms with Crippen LogP contribution in [0.15, 0.2) is 30.3 Å². The summed E-state index contributed by atoms with van der Waals surface area (Å²) in [4.78, 5) is 41.9. The number of fused-ring (bicyclic) bond motifs is 1. The fourth-order valence-corrected chi connectivity index (χ4v) is 6.15. The average Bonchev–Trinajstić information content (AvgIpc) is 3.30. The van der Waals surface area contributed by atoms with Gasteiger partial charge in [-0.2, -0.15) is 0 Å². The van der Waals surface area contributed by atoms with E-state index in [-0.39, 0.29) is 30.9 Å². The first kappa shape index (κ1) is 23.7. The molecule has 2 N–H and O–H groups in total. The second kappa shape index (κ2) is 9.06. The van der Waals surface area contributed by atoms with Crippen LogP contribution < -0.4 is 5.32 Å². The van der Waals surface area contributed by atoms with Gasteiger partial charge in [0, 0.05) is 19.7 Å². The Morgan fingerprint density at radius 1 is 1.27 bits per heavy atom. The average molecular weight is 459 g/mol. The first-order valence-corrected chi connectivity index (χ1v) is 11.9. The Morgan fingerprint density at radius 3 is 2.67 bits per heavy atom. The number of ether oxygens (including phenoxy) is 2. The Bertz CT molecular complexity index is 907. The summed E-state index contributed by atoms with van der Waals surface area (Å²) in [5.41, 5.74) is -0.970. The molecule has 3 unspecified atom stereocenters. The summed E-state index contributed by atoms with van der Waals surface area (Å²) in [5.74, 6) is -2.47. The van der Waals surface area contributed by atoms with Crippen molar-refractivity contribution in [3.63, 3.8) is 0 Å². The molecule has 3 aliphatic heterocycles. The van der Waals surface area contributed by atoms with Gasteiger partial charge in [0.25, 0.3) is 0 Å². The number of carbonyl (C=O) groups excluding carboxylic acids is 3. The molecule has 33 heavy (non-hydrogen) atoms. The van der Waals surface area contributed by atoms with Crippen LogP contribution in [0.25, 0.3) is 0 Å². The molecule has 0 saturated carbocycles. The number of rotatable bonds is 9. The van der Waals surface area contributed by atoms with E-state index in [0.29, 0.717) is 32.4 Å². The minimum Gasteiger partial charge on any atom is -0.466 e.